The molecule has 0 spiro atoms. The Balaban J connectivity index is 2.44. The van der Waals surface area contributed by atoms with Gasteiger partial charge in [-0.3, -0.25) is 4.79 Å². The second-order valence-electron chi connectivity index (χ2n) is 4.32. The molecule has 1 N–H and O–H groups in total. The standard InChI is InChI=1S/C14H20BrClN2O/c1-3-8-18(4-2)9-7-17-14(19)11-5-6-12(15)13(16)10-11/h5-6,10H,3-4,7-9H2,1-2H3,(H,17,19). The van der Waals surface area contributed by atoms with E-state index < -0.39 is 0 Å². The van der Waals surface area contributed by atoms with Crippen LogP contribution in [0.5, 0.6) is 0 Å². The van der Waals surface area contributed by atoms with Crippen molar-refractivity contribution < 1.29 is 4.79 Å². The molecule has 1 rings (SSSR count). The van der Waals surface area contributed by atoms with Crippen molar-refractivity contribution in [3.8, 4) is 0 Å². The Labute approximate surface area is 128 Å². The number of likely N-dealkylation sites (N-methyl/N-ethyl adjacent to an activating group) is 1. The summed E-state index contributed by atoms with van der Waals surface area (Å²) in [6, 6.07) is 5.21. The zero-order chi connectivity index (χ0) is 14.3. The smallest absolute Gasteiger partial charge is 0.251 e. The van der Waals surface area contributed by atoms with Gasteiger partial charge in [0.25, 0.3) is 5.91 Å². The number of amides is 1. The fraction of sp³-hybridized carbons (Fsp3) is 0.500. The molecule has 1 aromatic rings. The molecule has 1 aromatic carbocycles. The minimum Gasteiger partial charge on any atom is -0.351 e. The quantitative estimate of drug-likeness (QED) is 0.818. The van der Waals surface area contributed by atoms with E-state index in [-0.39, 0.29) is 5.91 Å². The highest BCUT2D eigenvalue weighted by atomic mass is 79.9. The fourth-order valence-electron chi connectivity index (χ4n) is 1.81. The summed E-state index contributed by atoms with van der Waals surface area (Å²) < 4.78 is 0.797. The summed E-state index contributed by atoms with van der Waals surface area (Å²) >= 11 is 9.28. The van der Waals surface area contributed by atoms with Gasteiger partial charge in [-0.2, -0.15) is 0 Å². The summed E-state index contributed by atoms with van der Waals surface area (Å²) in [4.78, 5) is 14.2. The van der Waals surface area contributed by atoms with Crippen molar-refractivity contribution in [2.45, 2.75) is 20.3 Å². The van der Waals surface area contributed by atoms with Gasteiger partial charge in [-0.05, 0) is 53.6 Å². The van der Waals surface area contributed by atoms with Crippen molar-refractivity contribution >= 4 is 33.4 Å². The average molecular weight is 348 g/mol. The molecule has 1 amide bonds. The van der Waals surface area contributed by atoms with Crippen LogP contribution in [-0.2, 0) is 0 Å². The van der Waals surface area contributed by atoms with E-state index >= 15 is 0 Å². The molecule has 0 atom stereocenters. The van der Waals surface area contributed by atoms with Crippen LogP contribution in [0.1, 0.15) is 30.6 Å². The van der Waals surface area contributed by atoms with Gasteiger partial charge in [-0.15, -0.1) is 0 Å². The van der Waals surface area contributed by atoms with E-state index in [0.717, 1.165) is 30.5 Å². The van der Waals surface area contributed by atoms with Crippen LogP contribution in [-0.4, -0.2) is 37.0 Å². The van der Waals surface area contributed by atoms with Gasteiger partial charge >= 0.3 is 0 Å². The zero-order valence-electron chi connectivity index (χ0n) is 11.4. The monoisotopic (exact) mass is 346 g/mol. The molecule has 0 aliphatic carbocycles. The lowest BCUT2D eigenvalue weighted by molar-refractivity contribution is 0.0948. The van der Waals surface area contributed by atoms with Gasteiger partial charge in [0, 0.05) is 23.1 Å². The van der Waals surface area contributed by atoms with Crippen molar-refractivity contribution in [1.29, 1.82) is 0 Å². The average Bonchev–Trinajstić information content (AvgIpc) is 2.40. The summed E-state index contributed by atoms with van der Waals surface area (Å²) in [5, 5.41) is 3.46. The van der Waals surface area contributed by atoms with Gasteiger partial charge in [-0.1, -0.05) is 25.4 Å². The molecular formula is C14H20BrClN2O. The number of nitrogens with zero attached hydrogens (tertiary/aromatic N) is 1. The van der Waals surface area contributed by atoms with Crippen LogP contribution < -0.4 is 5.32 Å². The number of hydrogen-bond donors (Lipinski definition) is 1. The minimum absolute atomic E-state index is 0.0815. The summed E-state index contributed by atoms with van der Waals surface area (Å²) in [5.74, 6) is -0.0815. The second kappa shape index (κ2) is 8.56. The molecule has 0 heterocycles. The zero-order valence-corrected chi connectivity index (χ0v) is 13.7. The van der Waals surface area contributed by atoms with Gasteiger partial charge in [0.05, 0.1) is 5.02 Å². The highest BCUT2D eigenvalue weighted by molar-refractivity contribution is 9.10. The van der Waals surface area contributed by atoms with Crippen molar-refractivity contribution in [2.24, 2.45) is 0 Å². The van der Waals surface area contributed by atoms with E-state index in [1.54, 1.807) is 18.2 Å². The molecule has 0 saturated heterocycles. The third kappa shape index (κ3) is 5.51. The first-order valence-corrected chi connectivity index (χ1v) is 7.71. The van der Waals surface area contributed by atoms with Gasteiger partial charge in [0.1, 0.15) is 0 Å². The first kappa shape index (κ1) is 16.5. The molecule has 5 heteroatoms. The minimum atomic E-state index is -0.0815. The van der Waals surface area contributed by atoms with Crippen molar-refractivity contribution in [3.63, 3.8) is 0 Å². The van der Waals surface area contributed by atoms with Crippen LogP contribution in [0.3, 0.4) is 0 Å². The molecule has 0 aliphatic rings. The molecule has 0 fully saturated rings. The Kier molecular flexibility index (Phi) is 7.42. The molecule has 3 nitrogen and oxygen atoms in total. The highest BCUT2D eigenvalue weighted by Crippen LogP contribution is 2.23. The molecular weight excluding hydrogens is 328 g/mol. The highest BCUT2D eigenvalue weighted by Gasteiger charge is 2.08. The van der Waals surface area contributed by atoms with Crippen LogP contribution in [0, 0.1) is 0 Å². The lowest BCUT2D eigenvalue weighted by Gasteiger charge is -2.19. The SMILES string of the molecule is CCCN(CC)CCNC(=O)c1ccc(Br)c(Cl)c1. The third-order valence-corrected chi connectivity index (χ3v) is 4.11. The number of carbonyl (C=O) groups is 1. The molecule has 0 aromatic heterocycles. The molecule has 0 saturated carbocycles. The van der Waals surface area contributed by atoms with Crippen LogP contribution in [0.25, 0.3) is 0 Å². The largest absolute Gasteiger partial charge is 0.351 e. The second-order valence-corrected chi connectivity index (χ2v) is 5.58. The maximum atomic E-state index is 11.9. The van der Waals surface area contributed by atoms with E-state index in [2.05, 4.69) is 40.0 Å². The summed E-state index contributed by atoms with van der Waals surface area (Å²) in [6.45, 7) is 7.89. The van der Waals surface area contributed by atoms with E-state index in [9.17, 15) is 4.79 Å². The number of carbonyl (C=O) groups excluding carboxylic acids is 1. The van der Waals surface area contributed by atoms with Crippen LogP contribution >= 0.6 is 27.5 Å². The molecule has 0 aliphatic heterocycles. The number of benzene rings is 1. The van der Waals surface area contributed by atoms with Gasteiger partial charge in [0.15, 0.2) is 0 Å². The first-order valence-electron chi connectivity index (χ1n) is 6.54. The van der Waals surface area contributed by atoms with Crippen LogP contribution in [0.2, 0.25) is 5.02 Å². The number of nitrogens with one attached hydrogen (secondary N) is 1. The van der Waals surface area contributed by atoms with E-state index in [1.165, 1.54) is 0 Å². The number of rotatable bonds is 7. The van der Waals surface area contributed by atoms with Gasteiger partial charge < -0.3 is 10.2 Å². The maximum absolute atomic E-state index is 11.9. The van der Waals surface area contributed by atoms with Crippen LogP contribution in [0.4, 0.5) is 0 Å². The Morgan fingerprint density at radius 1 is 1.37 bits per heavy atom. The van der Waals surface area contributed by atoms with E-state index in [0.29, 0.717) is 17.1 Å². The normalized spacial score (nSPS) is 10.8. The van der Waals surface area contributed by atoms with Crippen molar-refractivity contribution in [1.82, 2.24) is 10.2 Å². The summed E-state index contributed by atoms with van der Waals surface area (Å²) in [5.41, 5.74) is 0.590. The van der Waals surface area contributed by atoms with Gasteiger partial charge in [0.2, 0.25) is 0 Å². The number of hydrogen-bond acceptors (Lipinski definition) is 2. The predicted octanol–water partition coefficient (Wildman–Crippen LogP) is 3.56. The Bertz CT molecular complexity index is 426. The van der Waals surface area contributed by atoms with Crippen LogP contribution in [0.15, 0.2) is 22.7 Å². The number of halogens is 2. The summed E-state index contributed by atoms with van der Waals surface area (Å²) in [6.07, 6.45) is 1.13. The Hall–Kier alpha value is -0.580. The first-order chi connectivity index (χ1) is 9.08. The van der Waals surface area contributed by atoms with E-state index in [4.69, 9.17) is 11.6 Å². The van der Waals surface area contributed by atoms with Crippen molar-refractivity contribution in [3.05, 3.63) is 33.3 Å². The Morgan fingerprint density at radius 3 is 2.68 bits per heavy atom. The fourth-order valence-corrected chi connectivity index (χ4v) is 2.24. The summed E-state index contributed by atoms with van der Waals surface area (Å²) in [7, 11) is 0. The molecule has 106 valence electrons. The lowest BCUT2D eigenvalue weighted by atomic mass is 10.2. The van der Waals surface area contributed by atoms with E-state index in [1.807, 2.05) is 0 Å². The maximum Gasteiger partial charge on any atom is 0.251 e. The topological polar surface area (TPSA) is 32.3 Å². The lowest BCUT2D eigenvalue weighted by Crippen LogP contribution is -2.35. The van der Waals surface area contributed by atoms with Crippen molar-refractivity contribution in [2.75, 3.05) is 26.2 Å². The molecule has 0 unspecified atom stereocenters. The molecule has 0 bridgehead atoms. The molecule has 0 radical (unpaired) electrons. The third-order valence-electron chi connectivity index (χ3n) is 2.88. The Morgan fingerprint density at radius 2 is 2.11 bits per heavy atom. The molecule has 19 heavy (non-hydrogen) atoms. The predicted molar refractivity (Wildman–Crippen MR) is 83.9 cm³/mol. The van der Waals surface area contributed by atoms with Gasteiger partial charge in [-0.25, -0.2) is 0 Å².